The van der Waals surface area contributed by atoms with Gasteiger partial charge in [0.15, 0.2) is 0 Å². The molecule has 0 bridgehead atoms. The molecule has 1 aliphatic heterocycles. The summed E-state index contributed by atoms with van der Waals surface area (Å²) < 4.78 is 0. The fourth-order valence-electron chi connectivity index (χ4n) is 4.60. The monoisotopic (exact) mass is 570 g/mol. The maximum Gasteiger partial charge on any atom is 0.317 e. The summed E-state index contributed by atoms with van der Waals surface area (Å²) in [6.07, 6.45) is 1.58. The zero-order valence-corrected chi connectivity index (χ0v) is 23.0. The lowest BCUT2D eigenvalue weighted by atomic mass is 10.2. The molecule has 0 radical (unpaired) electrons. The molecule has 0 saturated carbocycles. The van der Waals surface area contributed by atoms with Crippen LogP contribution in [0.15, 0.2) is 48.7 Å². The third-order valence-electron chi connectivity index (χ3n) is 6.77. The normalized spacial score (nSPS) is 16.8. The van der Waals surface area contributed by atoms with E-state index in [-0.39, 0.29) is 25.5 Å². The van der Waals surface area contributed by atoms with E-state index in [1.807, 2.05) is 30.3 Å². The van der Waals surface area contributed by atoms with Gasteiger partial charge in [-0.1, -0.05) is 30.3 Å². The maximum absolute atomic E-state index is 12.8. The van der Waals surface area contributed by atoms with Gasteiger partial charge in [0, 0.05) is 77.2 Å². The molecule has 2 heterocycles. The van der Waals surface area contributed by atoms with Crippen molar-refractivity contribution in [1.82, 2.24) is 29.9 Å². The molecule has 0 spiro atoms. The van der Waals surface area contributed by atoms with Crippen molar-refractivity contribution in [3.8, 4) is 0 Å². The zero-order chi connectivity index (χ0) is 29.6. The number of aromatic nitrogens is 1. The van der Waals surface area contributed by atoms with Crippen LogP contribution >= 0.6 is 0 Å². The van der Waals surface area contributed by atoms with Crippen LogP contribution in [0.2, 0.25) is 0 Å². The minimum absolute atomic E-state index is 0.185. The topological polar surface area (TPSA) is 167 Å². The number of amides is 1. The van der Waals surface area contributed by atoms with E-state index < -0.39 is 17.9 Å². The lowest BCUT2D eigenvalue weighted by molar-refractivity contribution is -0.140. The first kappa shape index (κ1) is 31.6. The Morgan fingerprint density at radius 1 is 0.683 bits per heavy atom. The predicted octanol–water partition coefficient (Wildman–Crippen LogP) is -0.0130. The quantitative estimate of drug-likeness (QED) is 0.286. The number of rotatable bonds is 11. The van der Waals surface area contributed by atoms with Crippen molar-refractivity contribution < 1.29 is 34.5 Å². The van der Waals surface area contributed by atoms with E-state index in [9.17, 15) is 34.5 Å². The fraction of sp³-hybridized carbons (Fsp3) is 0.464. The number of aliphatic carboxylic acids is 3. The van der Waals surface area contributed by atoms with Gasteiger partial charge in [0.25, 0.3) is 5.91 Å². The number of benzene rings is 1. The lowest BCUT2D eigenvalue weighted by Crippen LogP contribution is -2.48. The van der Waals surface area contributed by atoms with Gasteiger partial charge < -0.3 is 20.6 Å². The van der Waals surface area contributed by atoms with Crippen molar-refractivity contribution in [2.75, 3.05) is 72.0 Å². The van der Waals surface area contributed by atoms with Crippen molar-refractivity contribution in [1.29, 1.82) is 0 Å². The molecular formula is C28H38N6O7. The zero-order valence-electron chi connectivity index (χ0n) is 23.0. The first-order valence-corrected chi connectivity index (χ1v) is 13.5. The molecule has 4 N–H and O–H groups in total. The van der Waals surface area contributed by atoms with Crippen LogP contribution < -0.4 is 5.32 Å². The van der Waals surface area contributed by atoms with Crippen LogP contribution in [-0.4, -0.2) is 136 Å². The number of hydrogen-bond acceptors (Lipinski definition) is 9. The van der Waals surface area contributed by atoms with E-state index in [4.69, 9.17) is 0 Å². The predicted molar refractivity (Wildman–Crippen MR) is 149 cm³/mol. The average Bonchev–Trinajstić information content (AvgIpc) is 2.93. The standard InChI is InChI=1S/C28H38N6O7/c35-25(36)19-32-10-8-31(9-11-33(20-26(37)38)13-15-34(14-12-32)21-27(39)40)18-24-16-23(6-7-29-24)28(41)30-17-22-4-2-1-3-5-22/h1-7,16H,8-15,17-21H2,(H,30,41)(H,35,36)(H,37,38)(H,39,40). The van der Waals surface area contributed by atoms with Gasteiger partial charge in [-0.2, -0.15) is 0 Å². The Hall–Kier alpha value is -3.91. The molecule has 1 aromatic heterocycles. The first-order chi connectivity index (χ1) is 19.7. The van der Waals surface area contributed by atoms with Gasteiger partial charge >= 0.3 is 17.9 Å². The Morgan fingerprint density at radius 3 is 1.61 bits per heavy atom. The summed E-state index contributed by atoms with van der Waals surface area (Å²) in [6, 6.07) is 13.0. The van der Waals surface area contributed by atoms with Crippen LogP contribution in [0.1, 0.15) is 21.6 Å². The molecule has 2 aromatic rings. The number of pyridine rings is 1. The van der Waals surface area contributed by atoms with E-state index in [0.717, 1.165) is 5.56 Å². The Kier molecular flexibility index (Phi) is 12.6. The van der Waals surface area contributed by atoms with Gasteiger partial charge in [-0.25, -0.2) is 0 Å². The molecule has 41 heavy (non-hydrogen) atoms. The highest BCUT2D eigenvalue weighted by atomic mass is 16.4. The molecule has 13 heteroatoms. The number of carboxylic acids is 3. The second-order valence-electron chi connectivity index (χ2n) is 9.99. The van der Waals surface area contributed by atoms with Crippen molar-refractivity contribution >= 4 is 23.8 Å². The molecule has 3 rings (SSSR count). The van der Waals surface area contributed by atoms with Gasteiger partial charge in [0.05, 0.1) is 25.3 Å². The van der Waals surface area contributed by atoms with E-state index in [0.29, 0.717) is 76.7 Å². The van der Waals surface area contributed by atoms with Crippen molar-refractivity contribution in [2.24, 2.45) is 0 Å². The maximum atomic E-state index is 12.8. The average molecular weight is 571 g/mol. The largest absolute Gasteiger partial charge is 0.480 e. The summed E-state index contributed by atoms with van der Waals surface area (Å²) in [5.41, 5.74) is 2.11. The molecule has 1 amide bonds. The molecule has 13 nitrogen and oxygen atoms in total. The Morgan fingerprint density at radius 2 is 1.15 bits per heavy atom. The van der Waals surface area contributed by atoms with Crippen LogP contribution in [0.4, 0.5) is 0 Å². The lowest BCUT2D eigenvalue weighted by Gasteiger charge is -2.33. The van der Waals surface area contributed by atoms with Crippen LogP contribution in [-0.2, 0) is 27.5 Å². The van der Waals surface area contributed by atoms with Crippen LogP contribution in [0.3, 0.4) is 0 Å². The Labute approximate surface area is 239 Å². The number of nitrogens with one attached hydrogen (secondary N) is 1. The summed E-state index contributed by atoms with van der Waals surface area (Å²) in [5, 5.41) is 31.0. The highest BCUT2D eigenvalue weighted by molar-refractivity contribution is 5.94. The molecule has 0 atom stereocenters. The van der Waals surface area contributed by atoms with E-state index in [1.165, 1.54) is 0 Å². The molecule has 1 aliphatic rings. The van der Waals surface area contributed by atoms with Gasteiger partial charge in [0.2, 0.25) is 0 Å². The Bertz CT molecular complexity index is 1130. The van der Waals surface area contributed by atoms with Crippen molar-refractivity contribution in [3.63, 3.8) is 0 Å². The second-order valence-corrected chi connectivity index (χ2v) is 9.99. The molecule has 1 fully saturated rings. The summed E-state index contributed by atoms with van der Waals surface area (Å²) in [6.45, 7) is 3.32. The Balaban J connectivity index is 1.71. The van der Waals surface area contributed by atoms with Gasteiger partial charge in [0.1, 0.15) is 0 Å². The summed E-state index contributed by atoms with van der Waals surface area (Å²) >= 11 is 0. The number of hydrogen-bond donors (Lipinski definition) is 4. The highest BCUT2D eigenvalue weighted by Gasteiger charge is 2.20. The van der Waals surface area contributed by atoms with Gasteiger partial charge in [-0.15, -0.1) is 0 Å². The smallest absolute Gasteiger partial charge is 0.317 e. The van der Waals surface area contributed by atoms with Crippen LogP contribution in [0.5, 0.6) is 0 Å². The molecule has 1 aromatic carbocycles. The van der Waals surface area contributed by atoms with Gasteiger partial charge in [-0.05, 0) is 17.7 Å². The molecule has 0 unspecified atom stereocenters. The number of carboxylic acid groups (broad SMARTS) is 3. The number of carbonyl (C=O) groups is 4. The molecule has 1 saturated heterocycles. The minimum Gasteiger partial charge on any atom is -0.480 e. The summed E-state index contributed by atoms with van der Waals surface area (Å²) in [5.74, 6) is -3.17. The van der Waals surface area contributed by atoms with Crippen molar-refractivity contribution in [2.45, 2.75) is 13.1 Å². The number of nitrogens with zero attached hydrogens (tertiary/aromatic N) is 5. The van der Waals surface area contributed by atoms with E-state index in [2.05, 4.69) is 15.2 Å². The van der Waals surface area contributed by atoms with E-state index >= 15 is 0 Å². The fourth-order valence-corrected chi connectivity index (χ4v) is 4.60. The van der Waals surface area contributed by atoms with E-state index in [1.54, 1.807) is 33.0 Å². The third-order valence-corrected chi connectivity index (χ3v) is 6.77. The molecule has 0 aliphatic carbocycles. The molecular weight excluding hydrogens is 532 g/mol. The first-order valence-electron chi connectivity index (χ1n) is 13.5. The van der Waals surface area contributed by atoms with Gasteiger partial charge in [-0.3, -0.25) is 43.8 Å². The number of carbonyl (C=O) groups excluding carboxylic acids is 1. The minimum atomic E-state index is -0.999. The third kappa shape index (κ3) is 12.0. The SMILES string of the molecule is O=C(O)CN1CCN(CC(=O)O)CCN(Cc2cc(C(=O)NCc3ccccc3)ccn2)CCN(CC(=O)O)CC1. The van der Waals surface area contributed by atoms with Crippen LogP contribution in [0, 0.1) is 0 Å². The summed E-state index contributed by atoms with van der Waals surface area (Å²) in [7, 11) is 0. The van der Waals surface area contributed by atoms with Crippen LogP contribution in [0.25, 0.3) is 0 Å². The van der Waals surface area contributed by atoms with Crippen molar-refractivity contribution in [3.05, 3.63) is 65.5 Å². The highest BCUT2D eigenvalue weighted by Crippen LogP contribution is 2.09. The summed E-state index contributed by atoms with van der Waals surface area (Å²) in [4.78, 5) is 58.8. The second kappa shape index (κ2) is 16.4. The molecule has 222 valence electrons.